The first kappa shape index (κ1) is 12.8. The monoisotopic (exact) mass is 198 g/mol. The van der Waals surface area contributed by atoms with Gasteiger partial charge in [0.2, 0.25) is 0 Å². The van der Waals surface area contributed by atoms with Crippen LogP contribution in [0.25, 0.3) is 0 Å². The van der Waals surface area contributed by atoms with Crippen LogP contribution in [0.5, 0.6) is 0 Å². The Morgan fingerprint density at radius 3 is 2.00 bits per heavy atom. The lowest BCUT2D eigenvalue weighted by Crippen LogP contribution is -2.43. The predicted octanol–water partition coefficient (Wildman–Crippen LogP) is 3.19. The number of unbranched alkanes of at least 4 members (excludes halogenated alkanes) is 1. The predicted molar refractivity (Wildman–Crippen MR) is 45.9 cm³/mol. The molecule has 0 N–H and O–H groups in total. The van der Waals surface area contributed by atoms with Crippen LogP contribution < -0.4 is 0 Å². The molecule has 0 heterocycles. The molecule has 0 aromatic carbocycles. The molecule has 80 valence electrons. The summed E-state index contributed by atoms with van der Waals surface area (Å²) in [6.45, 7) is 3.25. The van der Waals surface area contributed by atoms with E-state index in [4.69, 9.17) is 4.74 Å². The number of rotatable bonds is 6. The van der Waals surface area contributed by atoms with Crippen molar-refractivity contribution in [3.8, 4) is 0 Å². The second-order valence-corrected chi connectivity index (χ2v) is 3.64. The number of alkyl halides is 3. The lowest BCUT2D eigenvalue weighted by atomic mass is 10.0. The number of ether oxygens (including phenoxy) is 1. The Morgan fingerprint density at radius 1 is 1.08 bits per heavy atom. The van der Waals surface area contributed by atoms with E-state index < -0.39 is 18.2 Å². The molecule has 0 bridgehead atoms. The highest BCUT2D eigenvalue weighted by molar-refractivity contribution is 4.82. The van der Waals surface area contributed by atoms with Gasteiger partial charge in [-0.05, 0) is 26.7 Å². The van der Waals surface area contributed by atoms with Gasteiger partial charge in [-0.2, -0.15) is 0 Å². The average molecular weight is 198 g/mol. The minimum absolute atomic E-state index is 0.181. The van der Waals surface area contributed by atoms with Crippen LogP contribution in [-0.4, -0.2) is 24.8 Å². The van der Waals surface area contributed by atoms with Crippen LogP contribution >= 0.6 is 0 Å². The summed E-state index contributed by atoms with van der Waals surface area (Å²) in [6, 6.07) is 0. The van der Waals surface area contributed by atoms with Crippen LogP contribution in [0.15, 0.2) is 0 Å². The molecule has 0 aromatic rings. The topological polar surface area (TPSA) is 9.23 Å². The Balaban J connectivity index is 3.77. The van der Waals surface area contributed by atoms with Gasteiger partial charge in [-0.25, -0.2) is 8.78 Å². The zero-order valence-corrected chi connectivity index (χ0v) is 8.37. The molecule has 4 heteroatoms. The maximum absolute atomic E-state index is 12.8. The molecule has 0 aromatic heterocycles. The Hall–Kier alpha value is -0.250. The molecule has 0 saturated carbocycles. The standard InChI is InChI=1S/C9H17F3O/c1-8(2,9(3,11)12)13-7-5-4-6-10/h4-7H2,1-3H3. The lowest BCUT2D eigenvalue weighted by molar-refractivity contribution is -0.180. The van der Waals surface area contributed by atoms with E-state index in [0.717, 1.165) is 6.92 Å². The molecule has 0 rings (SSSR count). The smallest absolute Gasteiger partial charge is 0.273 e. The third kappa shape index (κ3) is 4.50. The van der Waals surface area contributed by atoms with Gasteiger partial charge in [0.05, 0.1) is 6.67 Å². The van der Waals surface area contributed by atoms with Crippen LogP contribution in [0.1, 0.15) is 33.6 Å². The number of halogens is 3. The first-order chi connectivity index (χ1) is 5.81. The summed E-state index contributed by atoms with van der Waals surface area (Å²) < 4.78 is 42.2. The van der Waals surface area contributed by atoms with Gasteiger partial charge in [0.25, 0.3) is 5.92 Å². The molecular weight excluding hydrogens is 181 g/mol. The highest BCUT2D eigenvalue weighted by Gasteiger charge is 2.42. The molecule has 0 aliphatic carbocycles. The molecule has 0 amide bonds. The summed E-state index contributed by atoms with van der Waals surface area (Å²) in [6.07, 6.45) is 0.849. The average Bonchev–Trinajstić information content (AvgIpc) is 1.96. The van der Waals surface area contributed by atoms with Crippen molar-refractivity contribution in [3.05, 3.63) is 0 Å². The molecule has 0 radical (unpaired) electrons. The molecule has 0 atom stereocenters. The van der Waals surface area contributed by atoms with Gasteiger partial charge in [0, 0.05) is 13.5 Å². The first-order valence-corrected chi connectivity index (χ1v) is 4.39. The van der Waals surface area contributed by atoms with Crippen LogP contribution in [0, 0.1) is 0 Å². The minimum Gasteiger partial charge on any atom is -0.369 e. The van der Waals surface area contributed by atoms with E-state index >= 15 is 0 Å². The molecule has 0 unspecified atom stereocenters. The number of hydrogen-bond acceptors (Lipinski definition) is 1. The molecule has 13 heavy (non-hydrogen) atoms. The van der Waals surface area contributed by atoms with Crippen LogP contribution in [-0.2, 0) is 4.74 Å². The fourth-order valence-electron chi connectivity index (χ4n) is 0.651. The van der Waals surface area contributed by atoms with Crippen molar-refractivity contribution in [3.63, 3.8) is 0 Å². The Labute approximate surface area is 77.3 Å². The molecule has 0 fully saturated rings. The number of hydrogen-bond donors (Lipinski definition) is 0. The van der Waals surface area contributed by atoms with Crippen molar-refractivity contribution in [2.24, 2.45) is 0 Å². The molecule has 0 spiro atoms. The normalized spacial score (nSPS) is 13.4. The van der Waals surface area contributed by atoms with Gasteiger partial charge in [-0.15, -0.1) is 0 Å². The highest BCUT2D eigenvalue weighted by atomic mass is 19.3. The van der Waals surface area contributed by atoms with E-state index in [0.29, 0.717) is 12.8 Å². The second kappa shape index (κ2) is 4.84. The summed E-state index contributed by atoms with van der Waals surface area (Å²) in [5, 5.41) is 0. The SMILES string of the molecule is CC(F)(F)C(C)(C)OCCCCF. The zero-order chi connectivity index (χ0) is 10.5. The third-order valence-electron chi connectivity index (χ3n) is 2.05. The third-order valence-corrected chi connectivity index (χ3v) is 2.05. The van der Waals surface area contributed by atoms with Gasteiger partial charge in [-0.3, -0.25) is 4.39 Å². The largest absolute Gasteiger partial charge is 0.369 e. The van der Waals surface area contributed by atoms with E-state index in [-0.39, 0.29) is 6.61 Å². The lowest BCUT2D eigenvalue weighted by Gasteiger charge is -2.31. The Morgan fingerprint density at radius 2 is 1.62 bits per heavy atom. The maximum Gasteiger partial charge on any atom is 0.273 e. The van der Waals surface area contributed by atoms with E-state index in [1.54, 1.807) is 0 Å². The van der Waals surface area contributed by atoms with Crippen molar-refractivity contribution in [2.45, 2.75) is 45.1 Å². The van der Waals surface area contributed by atoms with Crippen LogP contribution in [0.2, 0.25) is 0 Å². The quantitative estimate of drug-likeness (QED) is 0.595. The van der Waals surface area contributed by atoms with Crippen molar-refractivity contribution < 1.29 is 17.9 Å². The summed E-state index contributed by atoms with van der Waals surface area (Å²) in [7, 11) is 0. The van der Waals surface area contributed by atoms with Gasteiger partial charge in [0.15, 0.2) is 0 Å². The molecular formula is C9H17F3O. The summed E-state index contributed by atoms with van der Waals surface area (Å²) in [5.41, 5.74) is -1.47. The Bertz CT molecular complexity index is 140. The fraction of sp³-hybridized carbons (Fsp3) is 1.00. The van der Waals surface area contributed by atoms with E-state index in [1.807, 2.05) is 0 Å². The summed E-state index contributed by atoms with van der Waals surface area (Å²) in [4.78, 5) is 0. The van der Waals surface area contributed by atoms with Gasteiger partial charge < -0.3 is 4.74 Å². The van der Waals surface area contributed by atoms with Crippen molar-refractivity contribution in [1.82, 2.24) is 0 Å². The molecule has 0 saturated heterocycles. The van der Waals surface area contributed by atoms with E-state index in [2.05, 4.69) is 0 Å². The summed E-state index contributed by atoms with van der Waals surface area (Å²) >= 11 is 0. The van der Waals surface area contributed by atoms with E-state index in [9.17, 15) is 13.2 Å². The molecule has 0 aliphatic heterocycles. The van der Waals surface area contributed by atoms with Crippen molar-refractivity contribution >= 4 is 0 Å². The Kier molecular flexibility index (Phi) is 4.75. The summed E-state index contributed by atoms with van der Waals surface area (Å²) in [5.74, 6) is -2.87. The highest BCUT2D eigenvalue weighted by Crippen LogP contribution is 2.30. The van der Waals surface area contributed by atoms with Gasteiger partial charge in [0.1, 0.15) is 5.60 Å². The fourth-order valence-corrected chi connectivity index (χ4v) is 0.651. The van der Waals surface area contributed by atoms with Crippen molar-refractivity contribution in [1.29, 1.82) is 0 Å². The van der Waals surface area contributed by atoms with Crippen molar-refractivity contribution in [2.75, 3.05) is 13.3 Å². The molecule has 1 nitrogen and oxygen atoms in total. The van der Waals surface area contributed by atoms with E-state index in [1.165, 1.54) is 13.8 Å². The second-order valence-electron chi connectivity index (χ2n) is 3.64. The van der Waals surface area contributed by atoms with Gasteiger partial charge >= 0.3 is 0 Å². The van der Waals surface area contributed by atoms with Gasteiger partial charge in [-0.1, -0.05) is 0 Å². The van der Waals surface area contributed by atoms with Crippen LogP contribution in [0.4, 0.5) is 13.2 Å². The molecule has 0 aliphatic rings. The minimum atomic E-state index is -2.87. The zero-order valence-electron chi connectivity index (χ0n) is 8.37. The maximum atomic E-state index is 12.8. The van der Waals surface area contributed by atoms with Crippen LogP contribution in [0.3, 0.4) is 0 Å². The first-order valence-electron chi connectivity index (χ1n) is 4.39.